The number of alkyl carbamates (subject to hydrolysis) is 1. The summed E-state index contributed by atoms with van der Waals surface area (Å²) in [6.45, 7) is 2.52. The fourth-order valence-corrected chi connectivity index (χ4v) is 5.46. The van der Waals surface area contributed by atoms with Crippen LogP contribution in [0.5, 0.6) is 0 Å². The quantitative estimate of drug-likeness (QED) is 0.0987. The molecule has 0 fully saturated rings. The lowest BCUT2D eigenvalue weighted by Crippen LogP contribution is -2.39. The monoisotopic (exact) mass is 573 g/mol. The Morgan fingerprint density at radius 3 is 1.48 bits per heavy atom. The Bertz CT molecular complexity index is 994. The summed E-state index contributed by atoms with van der Waals surface area (Å²) in [4.78, 5) is 12.5. The zero-order chi connectivity index (χ0) is 29.7. The van der Waals surface area contributed by atoms with E-state index < -0.39 is 17.8 Å². The molecule has 0 aliphatic heterocycles. The maximum atomic E-state index is 12.5. The van der Waals surface area contributed by atoms with Gasteiger partial charge in [-0.15, -0.1) is 0 Å². The predicted octanol–water partition coefficient (Wildman–Crippen LogP) is 8.78. The normalized spacial score (nSPS) is 12.1. The number of ether oxygens (including phenoxy) is 2. The molecule has 0 unspecified atom stereocenters. The molecular formula is C37H51NO4. The van der Waals surface area contributed by atoms with Crippen molar-refractivity contribution in [2.45, 2.75) is 95.7 Å². The van der Waals surface area contributed by atoms with Crippen molar-refractivity contribution in [3.63, 3.8) is 0 Å². The standard InChI is InChI=1S/C37H51NO4/c1-2-3-4-5-6-7-8-9-10-11-12-22-29-38-36(40)42-35(30-39)31-41-37(32-23-16-13-17-24-32,33-25-18-14-19-26-33)34-27-20-15-21-28-34/h13-21,23-28,35,39H,2-12,22,29-31H2,1H3,(H,38,40)/t35-/m0/s1. The van der Waals surface area contributed by atoms with Gasteiger partial charge in [0.25, 0.3) is 0 Å². The third kappa shape index (κ3) is 10.9. The van der Waals surface area contributed by atoms with Crippen LogP contribution in [-0.4, -0.2) is 37.1 Å². The highest BCUT2D eigenvalue weighted by molar-refractivity contribution is 5.67. The number of aliphatic hydroxyl groups is 1. The molecule has 1 atom stereocenters. The van der Waals surface area contributed by atoms with E-state index in [0.717, 1.165) is 29.5 Å². The average Bonchev–Trinajstić information content (AvgIpc) is 3.04. The van der Waals surface area contributed by atoms with Crippen LogP contribution in [0.3, 0.4) is 0 Å². The molecule has 1 amide bonds. The minimum Gasteiger partial charge on any atom is -0.441 e. The zero-order valence-corrected chi connectivity index (χ0v) is 25.5. The van der Waals surface area contributed by atoms with E-state index >= 15 is 0 Å². The van der Waals surface area contributed by atoms with Gasteiger partial charge < -0.3 is 19.9 Å². The van der Waals surface area contributed by atoms with E-state index in [1.54, 1.807) is 0 Å². The minimum absolute atomic E-state index is 0.0290. The molecule has 0 spiro atoms. The third-order valence-corrected chi connectivity index (χ3v) is 7.80. The van der Waals surface area contributed by atoms with Crippen LogP contribution >= 0.6 is 0 Å². The second-order valence-electron chi connectivity index (χ2n) is 11.1. The van der Waals surface area contributed by atoms with Gasteiger partial charge in [-0.25, -0.2) is 4.79 Å². The number of carbonyl (C=O) groups excluding carboxylic acids is 1. The molecule has 5 heteroatoms. The fraction of sp³-hybridized carbons (Fsp3) is 0.486. The highest BCUT2D eigenvalue weighted by atomic mass is 16.6. The highest BCUT2D eigenvalue weighted by Crippen LogP contribution is 2.40. The Kier molecular flexibility index (Phi) is 15.8. The largest absolute Gasteiger partial charge is 0.441 e. The first kappa shape index (κ1) is 33.4. The summed E-state index contributed by atoms with van der Waals surface area (Å²) in [7, 11) is 0. The van der Waals surface area contributed by atoms with Gasteiger partial charge in [-0.05, 0) is 23.1 Å². The van der Waals surface area contributed by atoms with E-state index in [1.165, 1.54) is 64.2 Å². The molecular weight excluding hydrogens is 522 g/mol. The Labute approximate surface area is 253 Å². The van der Waals surface area contributed by atoms with Crippen molar-refractivity contribution >= 4 is 6.09 Å². The molecule has 2 N–H and O–H groups in total. The van der Waals surface area contributed by atoms with Crippen LogP contribution in [0.4, 0.5) is 4.79 Å². The first-order valence-electron chi connectivity index (χ1n) is 16.1. The lowest BCUT2D eigenvalue weighted by Gasteiger charge is -2.36. The van der Waals surface area contributed by atoms with Crippen LogP contribution in [0.2, 0.25) is 0 Å². The van der Waals surface area contributed by atoms with Gasteiger partial charge in [0.1, 0.15) is 11.7 Å². The van der Waals surface area contributed by atoms with Gasteiger partial charge in [0.05, 0.1) is 13.2 Å². The minimum atomic E-state index is -0.938. The number of aliphatic hydroxyl groups excluding tert-OH is 1. The molecule has 0 radical (unpaired) electrons. The summed E-state index contributed by atoms with van der Waals surface area (Å²) in [6.07, 6.45) is 14.0. The van der Waals surface area contributed by atoms with Crippen LogP contribution in [0, 0.1) is 0 Å². The van der Waals surface area contributed by atoms with Gasteiger partial charge in [-0.3, -0.25) is 0 Å². The lowest BCUT2D eigenvalue weighted by molar-refractivity contribution is -0.0571. The van der Waals surface area contributed by atoms with Crippen molar-refractivity contribution in [3.05, 3.63) is 108 Å². The van der Waals surface area contributed by atoms with E-state index in [2.05, 4.69) is 12.2 Å². The smallest absolute Gasteiger partial charge is 0.407 e. The van der Waals surface area contributed by atoms with Crippen molar-refractivity contribution in [1.82, 2.24) is 5.32 Å². The number of rotatable bonds is 21. The topological polar surface area (TPSA) is 67.8 Å². The van der Waals surface area contributed by atoms with E-state index in [-0.39, 0.29) is 13.2 Å². The molecule has 0 aromatic heterocycles. The first-order chi connectivity index (χ1) is 20.7. The number of amides is 1. The van der Waals surface area contributed by atoms with Gasteiger partial charge >= 0.3 is 6.09 Å². The molecule has 0 aliphatic carbocycles. The number of benzene rings is 3. The molecule has 5 nitrogen and oxygen atoms in total. The van der Waals surface area contributed by atoms with Crippen LogP contribution in [0.15, 0.2) is 91.0 Å². The number of hydrogen-bond acceptors (Lipinski definition) is 4. The lowest BCUT2D eigenvalue weighted by atomic mass is 9.80. The molecule has 0 bridgehead atoms. The van der Waals surface area contributed by atoms with Crippen LogP contribution in [0.1, 0.15) is 101 Å². The summed E-state index contributed by atoms with van der Waals surface area (Å²) in [5.74, 6) is 0. The summed E-state index contributed by atoms with van der Waals surface area (Å²) in [6, 6.07) is 30.1. The molecule has 0 heterocycles. The zero-order valence-electron chi connectivity index (χ0n) is 25.5. The van der Waals surface area contributed by atoms with Crippen LogP contribution < -0.4 is 5.32 Å². The Morgan fingerprint density at radius 1 is 0.667 bits per heavy atom. The second-order valence-corrected chi connectivity index (χ2v) is 11.1. The van der Waals surface area contributed by atoms with Gasteiger partial charge in [0.2, 0.25) is 0 Å². The summed E-state index contributed by atoms with van der Waals surface area (Å²) in [5, 5.41) is 12.9. The van der Waals surface area contributed by atoms with Gasteiger partial charge in [0, 0.05) is 6.54 Å². The van der Waals surface area contributed by atoms with Gasteiger partial charge in [-0.2, -0.15) is 0 Å². The number of carbonyl (C=O) groups is 1. The highest BCUT2D eigenvalue weighted by Gasteiger charge is 2.38. The summed E-state index contributed by atoms with van der Waals surface area (Å²) in [5.41, 5.74) is 1.92. The molecule has 3 aromatic carbocycles. The Balaban J connectivity index is 1.47. The van der Waals surface area contributed by atoms with Crippen molar-refractivity contribution in [2.24, 2.45) is 0 Å². The van der Waals surface area contributed by atoms with Crippen LogP contribution in [0.25, 0.3) is 0 Å². The van der Waals surface area contributed by atoms with Gasteiger partial charge in [-0.1, -0.05) is 169 Å². The van der Waals surface area contributed by atoms with Crippen molar-refractivity contribution in [3.8, 4) is 0 Å². The molecule has 3 aromatic rings. The third-order valence-electron chi connectivity index (χ3n) is 7.80. The number of nitrogens with one attached hydrogen (secondary N) is 1. The van der Waals surface area contributed by atoms with E-state index in [1.807, 2.05) is 91.0 Å². The predicted molar refractivity (Wildman–Crippen MR) is 172 cm³/mol. The maximum Gasteiger partial charge on any atom is 0.407 e. The summed E-state index contributed by atoms with van der Waals surface area (Å²) >= 11 is 0. The first-order valence-corrected chi connectivity index (χ1v) is 16.1. The second kappa shape index (κ2) is 19.9. The van der Waals surface area contributed by atoms with E-state index in [0.29, 0.717) is 6.54 Å². The molecule has 3 rings (SSSR count). The van der Waals surface area contributed by atoms with E-state index in [9.17, 15) is 9.90 Å². The number of hydrogen-bond donors (Lipinski definition) is 2. The number of unbranched alkanes of at least 4 members (excludes halogenated alkanes) is 11. The fourth-order valence-electron chi connectivity index (χ4n) is 5.46. The SMILES string of the molecule is CCCCCCCCCCCCCCNC(=O)O[C@@H](CO)COC(c1ccccc1)(c1ccccc1)c1ccccc1. The maximum absolute atomic E-state index is 12.5. The van der Waals surface area contributed by atoms with Gasteiger partial charge in [0.15, 0.2) is 0 Å². The molecule has 0 aliphatic rings. The van der Waals surface area contributed by atoms with E-state index in [4.69, 9.17) is 9.47 Å². The van der Waals surface area contributed by atoms with Crippen molar-refractivity contribution < 1.29 is 19.4 Å². The van der Waals surface area contributed by atoms with Crippen molar-refractivity contribution in [2.75, 3.05) is 19.8 Å². The molecule has 0 saturated carbocycles. The summed E-state index contributed by atoms with van der Waals surface area (Å²) < 4.78 is 12.3. The van der Waals surface area contributed by atoms with Crippen molar-refractivity contribution in [1.29, 1.82) is 0 Å². The average molecular weight is 574 g/mol. The van der Waals surface area contributed by atoms with Crippen LogP contribution in [-0.2, 0) is 15.1 Å². The Hall–Kier alpha value is -3.15. The Morgan fingerprint density at radius 2 is 1.07 bits per heavy atom. The molecule has 0 saturated heterocycles. The molecule has 228 valence electrons. The molecule has 42 heavy (non-hydrogen) atoms.